The molecule has 0 bridgehead atoms. The van der Waals surface area contributed by atoms with Crippen molar-refractivity contribution >= 4 is 27.9 Å². The highest BCUT2D eigenvalue weighted by Gasteiger charge is 2.28. The number of hydrogen-bond acceptors (Lipinski definition) is 2. The molecule has 1 heterocycles. The zero-order valence-corrected chi connectivity index (χ0v) is 15.2. The van der Waals surface area contributed by atoms with Crippen LogP contribution in [-0.2, 0) is 6.54 Å². The number of hydrogen-bond donors (Lipinski definition) is 0. The average molecular weight is 398 g/mol. The Labute approximate surface area is 148 Å². The van der Waals surface area contributed by atoms with Gasteiger partial charge in [-0.25, -0.2) is 13.1 Å². The van der Waals surface area contributed by atoms with Gasteiger partial charge in [0.25, 0.3) is 0 Å². The Balaban J connectivity index is 1.77. The summed E-state index contributed by atoms with van der Waals surface area (Å²) in [5, 5.41) is 0.371. The molecular weight excluding hydrogens is 380 g/mol. The quantitative estimate of drug-likeness (QED) is 0.454. The van der Waals surface area contributed by atoms with E-state index in [9.17, 15) is 8.78 Å². The molecule has 3 rings (SSSR count). The normalized spacial score (nSPS) is 22.3. The predicted molar refractivity (Wildman–Crippen MR) is 95.1 cm³/mol. The van der Waals surface area contributed by atoms with E-state index in [0.29, 0.717) is 23.4 Å². The van der Waals surface area contributed by atoms with Crippen LogP contribution in [0.25, 0.3) is 0 Å². The molecule has 23 heavy (non-hydrogen) atoms. The maximum Gasteiger partial charge on any atom is 0.137 e. The first kappa shape index (κ1) is 16.9. The van der Waals surface area contributed by atoms with Crippen molar-refractivity contribution in [2.24, 2.45) is 0 Å². The zero-order valence-electron chi connectivity index (χ0n) is 12.8. The Morgan fingerprint density at radius 1 is 1.13 bits per heavy atom. The smallest absolute Gasteiger partial charge is 0.137 e. The van der Waals surface area contributed by atoms with Crippen molar-refractivity contribution in [2.45, 2.75) is 37.6 Å². The molecule has 0 saturated carbocycles. The largest absolute Gasteiger partial charge is 0.243 e. The minimum Gasteiger partial charge on any atom is -0.243 e. The summed E-state index contributed by atoms with van der Waals surface area (Å²) in [6.45, 7) is 2.55. The van der Waals surface area contributed by atoms with Gasteiger partial charge in [0.2, 0.25) is 0 Å². The summed E-state index contributed by atoms with van der Waals surface area (Å²) in [5.74, 6) is -0.788. The molecule has 1 unspecified atom stereocenters. The van der Waals surface area contributed by atoms with Crippen LogP contribution in [0.15, 0.2) is 46.9 Å². The van der Waals surface area contributed by atoms with Crippen molar-refractivity contribution in [3.63, 3.8) is 0 Å². The van der Waals surface area contributed by atoms with E-state index < -0.39 is 5.82 Å². The highest BCUT2D eigenvalue weighted by atomic mass is 79.9. The summed E-state index contributed by atoms with van der Waals surface area (Å²) in [7, 11) is 0. The van der Waals surface area contributed by atoms with Crippen molar-refractivity contribution in [2.75, 3.05) is 0 Å². The van der Waals surface area contributed by atoms with Crippen LogP contribution in [0.2, 0.25) is 0 Å². The molecule has 1 nitrogen and oxygen atoms in total. The second-order valence-corrected chi connectivity index (χ2v) is 7.97. The molecule has 1 aliphatic heterocycles. The van der Waals surface area contributed by atoms with E-state index in [4.69, 9.17) is 0 Å². The topological polar surface area (TPSA) is 3.24 Å². The maximum absolute atomic E-state index is 14.1. The van der Waals surface area contributed by atoms with Crippen molar-refractivity contribution in [1.29, 1.82) is 0 Å². The standard InChI is InChI=1S/C18H18BrF2NS/c1-12-7-8-18(13-5-3-2-4-6-13)23-22(12)11-14-9-17(21)15(19)10-16(14)20/h2-6,9-10,12,18H,7-8,11H2,1H3/t12-,18?/m0/s1. The summed E-state index contributed by atoms with van der Waals surface area (Å²) < 4.78 is 30.2. The van der Waals surface area contributed by atoms with Crippen LogP contribution in [-0.4, -0.2) is 10.3 Å². The van der Waals surface area contributed by atoms with Gasteiger partial charge in [0, 0.05) is 23.4 Å². The molecule has 0 aromatic heterocycles. The van der Waals surface area contributed by atoms with Crippen LogP contribution in [0.4, 0.5) is 8.78 Å². The van der Waals surface area contributed by atoms with Gasteiger partial charge >= 0.3 is 0 Å². The third-order valence-electron chi connectivity index (χ3n) is 4.19. The van der Waals surface area contributed by atoms with E-state index in [0.717, 1.165) is 12.8 Å². The minimum atomic E-state index is -0.421. The van der Waals surface area contributed by atoms with Crippen LogP contribution in [0.1, 0.15) is 36.1 Å². The SMILES string of the molecule is C[C@H]1CCC(c2ccccc2)SN1Cc1cc(F)c(Br)cc1F. The number of rotatable bonds is 3. The summed E-state index contributed by atoms with van der Waals surface area (Å²) in [6.07, 6.45) is 2.15. The van der Waals surface area contributed by atoms with Gasteiger partial charge in [-0.3, -0.25) is 0 Å². The van der Waals surface area contributed by atoms with Gasteiger partial charge in [-0.15, -0.1) is 0 Å². The fraction of sp³-hybridized carbons (Fsp3) is 0.333. The molecule has 1 aliphatic rings. The molecule has 2 aromatic rings. The molecule has 2 aromatic carbocycles. The van der Waals surface area contributed by atoms with E-state index in [1.54, 1.807) is 11.9 Å². The molecule has 0 N–H and O–H groups in total. The van der Waals surface area contributed by atoms with E-state index in [1.807, 2.05) is 18.2 Å². The van der Waals surface area contributed by atoms with Crippen molar-refractivity contribution in [3.8, 4) is 0 Å². The highest BCUT2D eigenvalue weighted by molar-refractivity contribution is 9.10. The first-order valence-corrected chi connectivity index (χ1v) is 9.29. The second-order valence-electron chi connectivity index (χ2n) is 5.86. The monoisotopic (exact) mass is 397 g/mol. The van der Waals surface area contributed by atoms with Gasteiger partial charge in [0.05, 0.1) is 4.47 Å². The summed E-state index contributed by atoms with van der Waals surface area (Å²) in [4.78, 5) is 0. The predicted octanol–water partition coefficient (Wildman–Crippen LogP) is 6.10. The van der Waals surface area contributed by atoms with Gasteiger partial charge in [-0.2, -0.15) is 0 Å². The molecule has 5 heteroatoms. The summed E-state index contributed by atoms with van der Waals surface area (Å²) in [5.41, 5.74) is 1.69. The molecule has 0 aliphatic carbocycles. The van der Waals surface area contributed by atoms with Crippen molar-refractivity contribution < 1.29 is 8.78 Å². The van der Waals surface area contributed by atoms with Crippen molar-refractivity contribution in [1.82, 2.24) is 4.31 Å². The Kier molecular flexibility index (Phi) is 5.39. The summed E-state index contributed by atoms with van der Waals surface area (Å²) >= 11 is 4.76. The molecule has 0 radical (unpaired) electrons. The van der Waals surface area contributed by atoms with Crippen LogP contribution in [0, 0.1) is 11.6 Å². The highest BCUT2D eigenvalue weighted by Crippen LogP contribution is 2.43. The summed E-state index contributed by atoms with van der Waals surface area (Å²) in [6, 6.07) is 13.2. The second kappa shape index (κ2) is 7.32. The number of halogens is 3. The van der Waals surface area contributed by atoms with E-state index in [2.05, 4.69) is 39.3 Å². The van der Waals surface area contributed by atoms with Crippen LogP contribution in [0.5, 0.6) is 0 Å². The Bertz CT molecular complexity index is 680. The third kappa shape index (κ3) is 3.95. The van der Waals surface area contributed by atoms with Gasteiger partial charge < -0.3 is 0 Å². The molecular formula is C18H18BrF2NS. The molecule has 1 saturated heterocycles. The lowest BCUT2D eigenvalue weighted by Gasteiger charge is -2.37. The van der Waals surface area contributed by atoms with Gasteiger partial charge in [-0.1, -0.05) is 42.3 Å². The Morgan fingerprint density at radius 3 is 2.61 bits per heavy atom. The average Bonchev–Trinajstić information content (AvgIpc) is 2.55. The van der Waals surface area contributed by atoms with E-state index in [-0.39, 0.29) is 10.3 Å². The molecule has 0 amide bonds. The van der Waals surface area contributed by atoms with Gasteiger partial charge in [-0.05, 0) is 53.4 Å². The third-order valence-corrected chi connectivity index (χ3v) is 6.32. The number of benzene rings is 2. The Hall–Kier alpha value is -0.910. The fourth-order valence-electron chi connectivity index (χ4n) is 2.80. The Morgan fingerprint density at radius 2 is 1.87 bits per heavy atom. The number of nitrogens with zero attached hydrogens (tertiary/aromatic N) is 1. The lowest BCUT2D eigenvalue weighted by Crippen LogP contribution is -2.31. The molecule has 0 spiro atoms. The maximum atomic E-state index is 14.1. The van der Waals surface area contributed by atoms with Gasteiger partial charge in [0.15, 0.2) is 0 Å². The molecule has 1 fully saturated rings. The van der Waals surface area contributed by atoms with Gasteiger partial charge in [0.1, 0.15) is 11.6 Å². The zero-order chi connectivity index (χ0) is 16.4. The lowest BCUT2D eigenvalue weighted by atomic mass is 10.0. The fourth-order valence-corrected chi connectivity index (χ4v) is 4.49. The minimum absolute atomic E-state index is 0.167. The molecule has 2 atom stereocenters. The first-order valence-electron chi connectivity index (χ1n) is 7.66. The van der Waals surface area contributed by atoms with Crippen LogP contribution >= 0.6 is 27.9 Å². The van der Waals surface area contributed by atoms with E-state index >= 15 is 0 Å². The van der Waals surface area contributed by atoms with E-state index in [1.165, 1.54) is 17.7 Å². The first-order chi connectivity index (χ1) is 11.0. The van der Waals surface area contributed by atoms with Crippen LogP contribution < -0.4 is 0 Å². The van der Waals surface area contributed by atoms with Crippen molar-refractivity contribution in [3.05, 3.63) is 69.7 Å². The molecule has 122 valence electrons. The lowest BCUT2D eigenvalue weighted by molar-refractivity contribution is 0.316. The van der Waals surface area contributed by atoms with Crippen LogP contribution in [0.3, 0.4) is 0 Å².